The highest BCUT2D eigenvalue weighted by atomic mass is 16.4. The molecule has 1 aliphatic carbocycles. The average molecular weight is 241 g/mol. The molecule has 0 atom stereocenters. The molecule has 4 heteroatoms. The van der Waals surface area contributed by atoms with Gasteiger partial charge in [-0.3, -0.25) is 0 Å². The van der Waals surface area contributed by atoms with E-state index in [2.05, 4.69) is 10.5 Å². The van der Waals surface area contributed by atoms with E-state index in [1.54, 1.807) is 0 Å². The minimum atomic E-state index is -0.204. The van der Waals surface area contributed by atoms with E-state index in [9.17, 15) is 0 Å². The molecule has 0 unspecified atom stereocenters. The topological polar surface area (TPSA) is 70.6 Å². The smallest absolute Gasteiger partial charge is 0.144 e. The molecule has 1 fully saturated rings. The van der Waals surface area contributed by atoms with Crippen LogP contribution in [0, 0.1) is 11.3 Å². The van der Waals surface area contributed by atoms with Crippen LogP contribution in [0.15, 0.2) is 5.16 Å². The Kier molecular flexibility index (Phi) is 5.75. The summed E-state index contributed by atoms with van der Waals surface area (Å²) in [6, 6.07) is 0. The summed E-state index contributed by atoms with van der Waals surface area (Å²) in [4.78, 5) is 0. The van der Waals surface area contributed by atoms with Crippen LogP contribution >= 0.6 is 0 Å². The molecule has 0 bridgehead atoms. The summed E-state index contributed by atoms with van der Waals surface area (Å²) < 4.78 is 0. The Morgan fingerprint density at radius 3 is 2.59 bits per heavy atom. The van der Waals surface area contributed by atoms with Crippen LogP contribution in [0.3, 0.4) is 0 Å². The minimum Gasteiger partial charge on any atom is -0.409 e. The van der Waals surface area contributed by atoms with Crippen LogP contribution < -0.4 is 11.1 Å². The minimum absolute atomic E-state index is 0.204. The maximum absolute atomic E-state index is 8.65. The molecule has 4 N–H and O–H groups in total. The molecule has 4 nitrogen and oxygen atoms in total. The third-order valence-electron chi connectivity index (χ3n) is 3.62. The normalized spacial score (nSPS) is 17.4. The van der Waals surface area contributed by atoms with Crippen LogP contribution in [0.4, 0.5) is 0 Å². The second-order valence-corrected chi connectivity index (χ2v) is 5.81. The van der Waals surface area contributed by atoms with Crippen molar-refractivity contribution in [1.29, 1.82) is 0 Å². The SMILES string of the molecule is CC(C)(CCCNCCCC1CC1)C(N)=NO. The number of nitrogens with zero attached hydrogens (tertiary/aromatic N) is 1. The molecule has 0 saturated heterocycles. The summed E-state index contributed by atoms with van der Waals surface area (Å²) in [5, 5.41) is 15.2. The van der Waals surface area contributed by atoms with Gasteiger partial charge < -0.3 is 16.3 Å². The zero-order chi connectivity index (χ0) is 12.7. The van der Waals surface area contributed by atoms with Crippen LogP contribution in [0.1, 0.15) is 52.4 Å². The molecule has 100 valence electrons. The number of hydrogen-bond donors (Lipinski definition) is 3. The van der Waals surface area contributed by atoms with Gasteiger partial charge in [0.2, 0.25) is 0 Å². The summed E-state index contributed by atoms with van der Waals surface area (Å²) in [5.74, 6) is 1.36. The highest BCUT2D eigenvalue weighted by Gasteiger charge is 2.22. The molecule has 1 saturated carbocycles. The monoisotopic (exact) mass is 241 g/mol. The fourth-order valence-corrected chi connectivity index (χ4v) is 1.97. The molecule has 0 spiro atoms. The van der Waals surface area contributed by atoms with Crippen LogP contribution in [0.5, 0.6) is 0 Å². The highest BCUT2D eigenvalue weighted by molar-refractivity contribution is 5.85. The maximum atomic E-state index is 8.65. The van der Waals surface area contributed by atoms with Gasteiger partial charge in [-0.05, 0) is 44.7 Å². The fraction of sp³-hybridized carbons (Fsp3) is 0.923. The van der Waals surface area contributed by atoms with Crippen LogP contribution in [0.25, 0.3) is 0 Å². The predicted molar refractivity (Wildman–Crippen MR) is 71.3 cm³/mol. The fourth-order valence-electron chi connectivity index (χ4n) is 1.97. The lowest BCUT2D eigenvalue weighted by atomic mass is 9.86. The molecule has 0 amide bonds. The van der Waals surface area contributed by atoms with Crippen molar-refractivity contribution < 1.29 is 5.21 Å². The molecular weight excluding hydrogens is 214 g/mol. The van der Waals surface area contributed by atoms with E-state index in [-0.39, 0.29) is 5.41 Å². The highest BCUT2D eigenvalue weighted by Crippen LogP contribution is 2.33. The van der Waals surface area contributed by atoms with E-state index >= 15 is 0 Å². The second-order valence-electron chi connectivity index (χ2n) is 5.81. The Morgan fingerprint density at radius 1 is 1.35 bits per heavy atom. The number of oxime groups is 1. The van der Waals surface area contributed by atoms with Crippen LogP contribution in [0.2, 0.25) is 0 Å². The van der Waals surface area contributed by atoms with Crippen molar-refractivity contribution in [3.05, 3.63) is 0 Å². The van der Waals surface area contributed by atoms with E-state index in [4.69, 9.17) is 10.9 Å². The first-order valence-corrected chi connectivity index (χ1v) is 6.75. The van der Waals surface area contributed by atoms with Gasteiger partial charge in [-0.25, -0.2) is 0 Å². The zero-order valence-corrected chi connectivity index (χ0v) is 11.2. The lowest BCUT2D eigenvalue weighted by molar-refractivity contribution is 0.304. The van der Waals surface area contributed by atoms with Crippen molar-refractivity contribution in [2.75, 3.05) is 13.1 Å². The number of amidine groups is 1. The van der Waals surface area contributed by atoms with Crippen LogP contribution in [-0.4, -0.2) is 24.1 Å². The maximum Gasteiger partial charge on any atom is 0.144 e. The molecule has 0 aromatic carbocycles. The first kappa shape index (κ1) is 14.3. The Hall–Kier alpha value is -0.770. The van der Waals surface area contributed by atoms with Gasteiger partial charge in [0.1, 0.15) is 5.84 Å². The Labute approximate surface area is 105 Å². The van der Waals surface area contributed by atoms with E-state index in [0.29, 0.717) is 5.84 Å². The van der Waals surface area contributed by atoms with Crippen molar-refractivity contribution in [3.8, 4) is 0 Å². The van der Waals surface area contributed by atoms with Gasteiger partial charge in [-0.15, -0.1) is 0 Å². The van der Waals surface area contributed by atoms with Gasteiger partial charge in [0.15, 0.2) is 0 Å². The van der Waals surface area contributed by atoms with Crippen molar-refractivity contribution in [2.45, 2.75) is 52.4 Å². The van der Waals surface area contributed by atoms with Gasteiger partial charge in [0.25, 0.3) is 0 Å². The first-order valence-electron chi connectivity index (χ1n) is 6.75. The second kappa shape index (κ2) is 6.84. The number of rotatable bonds is 9. The summed E-state index contributed by atoms with van der Waals surface area (Å²) in [6.07, 6.45) is 7.60. The van der Waals surface area contributed by atoms with Gasteiger partial charge in [0.05, 0.1) is 0 Å². The molecule has 0 aliphatic heterocycles. The lowest BCUT2D eigenvalue weighted by Gasteiger charge is -2.22. The van der Waals surface area contributed by atoms with E-state index in [0.717, 1.165) is 31.8 Å². The van der Waals surface area contributed by atoms with Gasteiger partial charge in [0, 0.05) is 5.41 Å². The van der Waals surface area contributed by atoms with Crippen molar-refractivity contribution in [2.24, 2.45) is 22.2 Å². The number of nitrogens with one attached hydrogen (secondary N) is 1. The third kappa shape index (κ3) is 5.91. The lowest BCUT2D eigenvalue weighted by Crippen LogP contribution is -2.32. The number of hydrogen-bond acceptors (Lipinski definition) is 3. The predicted octanol–water partition coefficient (Wildman–Crippen LogP) is 2.32. The summed E-state index contributed by atoms with van der Waals surface area (Å²) in [6.45, 7) is 6.16. The van der Waals surface area contributed by atoms with Gasteiger partial charge >= 0.3 is 0 Å². The van der Waals surface area contributed by atoms with E-state index in [1.165, 1.54) is 25.7 Å². The Morgan fingerprint density at radius 2 is 2.00 bits per heavy atom. The Balaban J connectivity index is 1.95. The molecule has 0 radical (unpaired) electrons. The van der Waals surface area contributed by atoms with E-state index < -0.39 is 0 Å². The standard InChI is InChI=1S/C13H27N3O/c1-13(2,12(14)16-17)8-4-10-15-9-3-5-11-6-7-11/h11,15,17H,3-10H2,1-2H3,(H2,14,16). The quantitative estimate of drug-likeness (QED) is 0.191. The largest absolute Gasteiger partial charge is 0.409 e. The summed E-state index contributed by atoms with van der Waals surface area (Å²) >= 11 is 0. The first-order chi connectivity index (χ1) is 8.06. The van der Waals surface area contributed by atoms with E-state index in [1.807, 2.05) is 13.8 Å². The average Bonchev–Trinajstić information content (AvgIpc) is 3.10. The molecule has 0 aromatic rings. The zero-order valence-electron chi connectivity index (χ0n) is 11.2. The van der Waals surface area contributed by atoms with Gasteiger partial charge in [-0.1, -0.05) is 31.8 Å². The van der Waals surface area contributed by atoms with Crippen molar-refractivity contribution in [1.82, 2.24) is 5.32 Å². The third-order valence-corrected chi connectivity index (χ3v) is 3.62. The molecule has 1 aliphatic rings. The molecule has 0 heterocycles. The summed E-state index contributed by atoms with van der Waals surface area (Å²) in [5.41, 5.74) is 5.43. The molecule has 1 rings (SSSR count). The number of nitrogens with two attached hydrogens (primary N) is 1. The molecule has 0 aromatic heterocycles. The van der Waals surface area contributed by atoms with Gasteiger partial charge in [-0.2, -0.15) is 0 Å². The van der Waals surface area contributed by atoms with Crippen molar-refractivity contribution >= 4 is 5.84 Å². The molecular formula is C13H27N3O. The van der Waals surface area contributed by atoms with Crippen LogP contribution in [-0.2, 0) is 0 Å². The van der Waals surface area contributed by atoms with Crippen molar-refractivity contribution in [3.63, 3.8) is 0 Å². The summed E-state index contributed by atoms with van der Waals surface area (Å²) in [7, 11) is 0. The Bertz CT molecular complexity index is 247. The molecule has 17 heavy (non-hydrogen) atoms.